The molecule has 2 rings (SSSR count). The SMILES string of the molecule is CC(CCO)NC(=O)c1ccn(-c2cccc(N)c2)n1. The van der Waals surface area contributed by atoms with Crippen molar-refractivity contribution in [1.29, 1.82) is 0 Å². The molecule has 0 aliphatic heterocycles. The first-order valence-electron chi connectivity index (χ1n) is 6.43. The molecule has 20 heavy (non-hydrogen) atoms. The summed E-state index contributed by atoms with van der Waals surface area (Å²) in [5, 5.41) is 15.8. The number of aliphatic hydroxyl groups is 1. The summed E-state index contributed by atoms with van der Waals surface area (Å²) in [7, 11) is 0. The van der Waals surface area contributed by atoms with E-state index in [2.05, 4.69) is 10.4 Å². The third-order valence-electron chi connectivity index (χ3n) is 2.90. The lowest BCUT2D eigenvalue weighted by Crippen LogP contribution is -2.33. The number of hydrogen-bond donors (Lipinski definition) is 3. The predicted octanol–water partition coefficient (Wildman–Crippen LogP) is 0.955. The Balaban J connectivity index is 2.11. The van der Waals surface area contributed by atoms with E-state index >= 15 is 0 Å². The van der Waals surface area contributed by atoms with Crippen molar-refractivity contribution in [2.75, 3.05) is 12.3 Å². The lowest BCUT2D eigenvalue weighted by atomic mass is 10.2. The highest BCUT2D eigenvalue weighted by molar-refractivity contribution is 5.92. The Hall–Kier alpha value is -2.34. The van der Waals surface area contributed by atoms with Gasteiger partial charge in [-0.2, -0.15) is 5.10 Å². The molecular formula is C14H18N4O2. The van der Waals surface area contributed by atoms with E-state index in [-0.39, 0.29) is 18.6 Å². The van der Waals surface area contributed by atoms with Crippen molar-refractivity contribution >= 4 is 11.6 Å². The Morgan fingerprint density at radius 3 is 3.00 bits per heavy atom. The maximum atomic E-state index is 11.9. The van der Waals surface area contributed by atoms with E-state index in [0.717, 1.165) is 5.69 Å². The molecule has 4 N–H and O–H groups in total. The van der Waals surface area contributed by atoms with E-state index in [4.69, 9.17) is 10.8 Å². The van der Waals surface area contributed by atoms with Gasteiger partial charge < -0.3 is 16.2 Å². The zero-order valence-corrected chi connectivity index (χ0v) is 11.3. The molecule has 1 heterocycles. The Bertz CT molecular complexity index is 594. The van der Waals surface area contributed by atoms with Crippen LogP contribution in [0.5, 0.6) is 0 Å². The molecule has 6 nitrogen and oxygen atoms in total. The molecule has 1 amide bonds. The molecule has 106 valence electrons. The molecule has 0 radical (unpaired) electrons. The van der Waals surface area contributed by atoms with Crippen LogP contribution in [0.2, 0.25) is 0 Å². The quantitative estimate of drug-likeness (QED) is 0.708. The smallest absolute Gasteiger partial charge is 0.271 e. The Morgan fingerprint density at radius 1 is 1.50 bits per heavy atom. The third kappa shape index (κ3) is 3.36. The van der Waals surface area contributed by atoms with Crippen LogP contribution in [0.15, 0.2) is 36.5 Å². The van der Waals surface area contributed by atoms with Crippen molar-refractivity contribution in [2.45, 2.75) is 19.4 Å². The standard InChI is InChI=1S/C14H18N4O2/c1-10(6-8-19)16-14(20)13-5-7-18(17-13)12-4-2-3-11(15)9-12/h2-5,7,9-10,19H,6,8,15H2,1H3,(H,16,20). The Kier molecular flexibility index (Phi) is 4.37. The molecule has 1 aromatic carbocycles. The molecule has 2 aromatic rings. The van der Waals surface area contributed by atoms with Gasteiger partial charge in [-0.3, -0.25) is 4.79 Å². The van der Waals surface area contributed by atoms with E-state index in [0.29, 0.717) is 17.8 Å². The van der Waals surface area contributed by atoms with Crippen molar-refractivity contribution in [2.24, 2.45) is 0 Å². The number of carbonyl (C=O) groups is 1. The van der Waals surface area contributed by atoms with Crippen molar-refractivity contribution in [3.05, 3.63) is 42.2 Å². The zero-order chi connectivity index (χ0) is 14.5. The van der Waals surface area contributed by atoms with Gasteiger partial charge in [0.1, 0.15) is 0 Å². The number of nitrogens with two attached hydrogens (primary N) is 1. The van der Waals surface area contributed by atoms with Gasteiger partial charge in [0.2, 0.25) is 0 Å². The van der Waals surface area contributed by atoms with Crippen LogP contribution in [0, 0.1) is 0 Å². The lowest BCUT2D eigenvalue weighted by Gasteiger charge is -2.10. The van der Waals surface area contributed by atoms with Crippen LogP contribution in [0.4, 0.5) is 5.69 Å². The van der Waals surface area contributed by atoms with Crippen LogP contribution in [-0.4, -0.2) is 33.4 Å². The third-order valence-corrected chi connectivity index (χ3v) is 2.90. The molecule has 1 atom stereocenters. The molecule has 0 aliphatic rings. The lowest BCUT2D eigenvalue weighted by molar-refractivity contribution is 0.0929. The van der Waals surface area contributed by atoms with Gasteiger partial charge in [-0.05, 0) is 37.6 Å². The number of nitrogens with one attached hydrogen (secondary N) is 1. The maximum absolute atomic E-state index is 11.9. The fourth-order valence-corrected chi connectivity index (χ4v) is 1.82. The number of hydrogen-bond acceptors (Lipinski definition) is 4. The minimum Gasteiger partial charge on any atom is -0.399 e. The summed E-state index contributed by atoms with van der Waals surface area (Å²) < 4.78 is 1.60. The minimum absolute atomic E-state index is 0.0409. The molecule has 0 saturated heterocycles. The summed E-state index contributed by atoms with van der Waals surface area (Å²) in [5.41, 5.74) is 7.49. The largest absolute Gasteiger partial charge is 0.399 e. The summed E-state index contributed by atoms with van der Waals surface area (Å²) in [5.74, 6) is -0.256. The summed E-state index contributed by atoms with van der Waals surface area (Å²) in [6.07, 6.45) is 2.22. The van der Waals surface area contributed by atoms with Crippen LogP contribution in [-0.2, 0) is 0 Å². The molecular weight excluding hydrogens is 256 g/mol. The van der Waals surface area contributed by atoms with Gasteiger partial charge in [0, 0.05) is 24.5 Å². The monoisotopic (exact) mass is 274 g/mol. The second kappa shape index (κ2) is 6.21. The minimum atomic E-state index is -0.256. The van der Waals surface area contributed by atoms with Gasteiger partial charge >= 0.3 is 0 Å². The molecule has 0 spiro atoms. The summed E-state index contributed by atoms with van der Waals surface area (Å²) >= 11 is 0. The Labute approximate surface area is 117 Å². The number of aliphatic hydroxyl groups excluding tert-OH is 1. The number of nitrogens with zero attached hydrogens (tertiary/aromatic N) is 2. The number of rotatable bonds is 5. The summed E-state index contributed by atoms with van der Waals surface area (Å²) in [6.45, 7) is 1.88. The van der Waals surface area contributed by atoms with E-state index in [9.17, 15) is 4.79 Å². The highest BCUT2D eigenvalue weighted by Crippen LogP contribution is 2.11. The van der Waals surface area contributed by atoms with Crippen LogP contribution in [0.3, 0.4) is 0 Å². The first-order valence-corrected chi connectivity index (χ1v) is 6.43. The second-order valence-corrected chi connectivity index (χ2v) is 4.63. The van der Waals surface area contributed by atoms with Crippen LogP contribution in [0.25, 0.3) is 5.69 Å². The molecule has 0 saturated carbocycles. The average molecular weight is 274 g/mol. The van der Waals surface area contributed by atoms with E-state index in [1.807, 2.05) is 19.1 Å². The highest BCUT2D eigenvalue weighted by atomic mass is 16.3. The number of aromatic nitrogens is 2. The predicted molar refractivity (Wildman–Crippen MR) is 76.6 cm³/mol. The van der Waals surface area contributed by atoms with Crippen LogP contribution < -0.4 is 11.1 Å². The number of nitrogen functional groups attached to an aromatic ring is 1. The normalized spacial score (nSPS) is 12.1. The second-order valence-electron chi connectivity index (χ2n) is 4.63. The van der Waals surface area contributed by atoms with Crippen LogP contribution in [0.1, 0.15) is 23.8 Å². The van der Waals surface area contributed by atoms with Crippen LogP contribution >= 0.6 is 0 Å². The molecule has 1 aromatic heterocycles. The van der Waals surface area contributed by atoms with Crippen molar-refractivity contribution in [1.82, 2.24) is 15.1 Å². The van der Waals surface area contributed by atoms with Gasteiger partial charge in [0.05, 0.1) is 5.69 Å². The summed E-state index contributed by atoms with van der Waals surface area (Å²) in [6, 6.07) is 8.81. The number of anilines is 1. The van der Waals surface area contributed by atoms with Gasteiger partial charge in [-0.25, -0.2) is 4.68 Å². The van der Waals surface area contributed by atoms with E-state index in [1.54, 1.807) is 29.1 Å². The van der Waals surface area contributed by atoms with Gasteiger partial charge in [0.15, 0.2) is 5.69 Å². The molecule has 0 bridgehead atoms. The highest BCUT2D eigenvalue weighted by Gasteiger charge is 2.12. The zero-order valence-electron chi connectivity index (χ0n) is 11.3. The van der Waals surface area contributed by atoms with Gasteiger partial charge in [-0.15, -0.1) is 0 Å². The fourth-order valence-electron chi connectivity index (χ4n) is 1.82. The Morgan fingerprint density at radius 2 is 2.30 bits per heavy atom. The van der Waals surface area contributed by atoms with Gasteiger partial charge in [0.25, 0.3) is 5.91 Å². The van der Waals surface area contributed by atoms with E-state index < -0.39 is 0 Å². The number of amides is 1. The summed E-state index contributed by atoms with van der Waals surface area (Å²) in [4.78, 5) is 11.9. The fraction of sp³-hybridized carbons (Fsp3) is 0.286. The number of carbonyl (C=O) groups excluding carboxylic acids is 1. The molecule has 1 unspecified atom stereocenters. The van der Waals surface area contributed by atoms with Gasteiger partial charge in [-0.1, -0.05) is 6.07 Å². The molecule has 6 heteroatoms. The van der Waals surface area contributed by atoms with Crippen molar-refractivity contribution in [3.63, 3.8) is 0 Å². The number of benzene rings is 1. The maximum Gasteiger partial charge on any atom is 0.271 e. The first-order chi connectivity index (χ1) is 9.60. The molecule has 0 aliphatic carbocycles. The topological polar surface area (TPSA) is 93.2 Å². The average Bonchev–Trinajstić information content (AvgIpc) is 2.88. The van der Waals surface area contributed by atoms with Crippen molar-refractivity contribution in [3.8, 4) is 5.69 Å². The molecule has 0 fully saturated rings. The first kappa shape index (κ1) is 14.1. The van der Waals surface area contributed by atoms with E-state index in [1.165, 1.54) is 0 Å². The van der Waals surface area contributed by atoms with Crippen molar-refractivity contribution < 1.29 is 9.90 Å².